The molecule has 0 aliphatic carbocycles. The van der Waals surface area contributed by atoms with Crippen LogP contribution < -0.4 is 9.80 Å². The van der Waals surface area contributed by atoms with Gasteiger partial charge in [0.05, 0.1) is 51.0 Å². The summed E-state index contributed by atoms with van der Waals surface area (Å²) in [6, 6.07) is 5.15. The Morgan fingerprint density at radius 3 is 2.26 bits per heavy atom. The van der Waals surface area contributed by atoms with E-state index < -0.39 is 29.5 Å². The highest BCUT2D eigenvalue weighted by Gasteiger charge is 2.38. The van der Waals surface area contributed by atoms with Crippen molar-refractivity contribution >= 4 is 17.6 Å². The van der Waals surface area contributed by atoms with Crippen LogP contribution in [0.15, 0.2) is 30.3 Å². The number of halogens is 6. The van der Waals surface area contributed by atoms with E-state index in [1.54, 1.807) is 4.90 Å². The minimum absolute atomic E-state index is 0.0776. The summed E-state index contributed by atoms with van der Waals surface area (Å²) in [5, 5.41) is 12.4. The minimum Gasteiger partial charge on any atom is -0.469 e. The molecule has 0 bridgehead atoms. The molecule has 0 unspecified atom stereocenters. The predicted octanol–water partition coefficient (Wildman–Crippen LogP) is 6.61. The molecule has 46 heavy (non-hydrogen) atoms. The van der Waals surface area contributed by atoms with Gasteiger partial charge in [0, 0.05) is 25.3 Å². The standard InChI is InChI=1S/C31H36F6N6O3/c1-29(2,15-27(44)45-4)7-9-42-8-5-6-25(24-12-20-17-46-18-21(20)13-26(24)42)43(28-38-40-41(3)39-28)16-19-10-22(30(32,33)34)14-23(11-19)31(35,36)37/h10-14,25H,5-9,15-18H2,1-4H3/t25-/m0/s1. The zero-order valence-electron chi connectivity index (χ0n) is 26.0. The average Bonchev–Trinajstić information content (AvgIpc) is 3.58. The number of tetrazole rings is 1. The van der Waals surface area contributed by atoms with E-state index in [4.69, 9.17) is 9.47 Å². The third-order valence-corrected chi connectivity index (χ3v) is 8.51. The van der Waals surface area contributed by atoms with Gasteiger partial charge in [-0.05, 0) is 82.5 Å². The molecule has 9 nitrogen and oxygen atoms in total. The van der Waals surface area contributed by atoms with Crippen molar-refractivity contribution in [1.82, 2.24) is 20.2 Å². The largest absolute Gasteiger partial charge is 0.469 e. The molecule has 0 N–H and O–H groups in total. The summed E-state index contributed by atoms with van der Waals surface area (Å²) in [7, 11) is 2.89. The first-order valence-electron chi connectivity index (χ1n) is 14.9. The number of esters is 1. The van der Waals surface area contributed by atoms with Gasteiger partial charge in [0.2, 0.25) is 0 Å². The molecule has 2 aliphatic heterocycles. The zero-order chi connectivity index (χ0) is 33.4. The third-order valence-electron chi connectivity index (χ3n) is 8.51. The molecule has 250 valence electrons. The lowest BCUT2D eigenvalue weighted by Crippen LogP contribution is -2.31. The van der Waals surface area contributed by atoms with Crippen molar-refractivity contribution < 1.29 is 40.6 Å². The second-order valence-electron chi connectivity index (χ2n) is 12.6. The number of ether oxygens (including phenoxy) is 2. The van der Waals surface area contributed by atoms with Crippen LogP contribution in [-0.4, -0.2) is 46.4 Å². The second kappa shape index (κ2) is 12.7. The number of anilines is 2. The number of alkyl halides is 6. The number of fused-ring (bicyclic) bond motifs is 2. The molecular formula is C31H36F6N6O3. The minimum atomic E-state index is -4.98. The number of carbonyl (C=O) groups excluding carboxylic acids is 1. The van der Waals surface area contributed by atoms with Gasteiger partial charge < -0.3 is 19.3 Å². The molecule has 0 spiro atoms. The Morgan fingerprint density at radius 2 is 1.67 bits per heavy atom. The van der Waals surface area contributed by atoms with Crippen LogP contribution in [-0.2, 0) is 53.4 Å². The van der Waals surface area contributed by atoms with Crippen molar-refractivity contribution in [3.05, 3.63) is 63.7 Å². The van der Waals surface area contributed by atoms with Crippen LogP contribution in [0.4, 0.5) is 38.0 Å². The van der Waals surface area contributed by atoms with E-state index >= 15 is 0 Å². The van der Waals surface area contributed by atoms with E-state index in [-0.39, 0.29) is 41.9 Å². The fraction of sp³-hybridized carbons (Fsp3) is 0.548. The van der Waals surface area contributed by atoms with Crippen molar-refractivity contribution in [2.45, 2.75) is 77.7 Å². The van der Waals surface area contributed by atoms with Crippen LogP contribution in [0.3, 0.4) is 0 Å². The van der Waals surface area contributed by atoms with E-state index in [0.29, 0.717) is 45.6 Å². The van der Waals surface area contributed by atoms with Gasteiger partial charge in [0.25, 0.3) is 5.95 Å². The fourth-order valence-electron chi connectivity index (χ4n) is 6.09. The number of rotatable bonds is 9. The monoisotopic (exact) mass is 654 g/mol. The van der Waals surface area contributed by atoms with Gasteiger partial charge in [-0.3, -0.25) is 4.79 Å². The van der Waals surface area contributed by atoms with Gasteiger partial charge >= 0.3 is 18.3 Å². The first-order valence-corrected chi connectivity index (χ1v) is 14.9. The summed E-state index contributed by atoms with van der Waals surface area (Å²) < 4.78 is 93.1. The summed E-state index contributed by atoms with van der Waals surface area (Å²) in [6.07, 6.45) is -7.89. The molecule has 0 fully saturated rings. The normalized spacial score (nSPS) is 17.0. The molecule has 5 rings (SSSR count). The quantitative estimate of drug-likeness (QED) is 0.189. The van der Waals surface area contributed by atoms with E-state index in [1.807, 2.05) is 19.9 Å². The number of hydrogen-bond acceptors (Lipinski definition) is 8. The van der Waals surface area contributed by atoms with E-state index in [2.05, 4.69) is 26.4 Å². The Morgan fingerprint density at radius 1 is 1.02 bits per heavy atom. The Bertz CT molecular complexity index is 1540. The summed E-state index contributed by atoms with van der Waals surface area (Å²) in [4.78, 5) is 17.1. The topological polar surface area (TPSA) is 85.6 Å². The van der Waals surface area contributed by atoms with Crippen LogP contribution in [0.25, 0.3) is 0 Å². The number of methoxy groups -OCH3 is 1. The van der Waals surface area contributed by atoms with Crippen molar-refractivity contribution in [2.75, 3.05) is 30.0 Å². The number of aryl methyl sites for hydroxylation is 1. The molecule has 0 saturated heterocycles. The van der Waals surface area contributed by atoms with E-state index in [9.17, 15) is 31.1 Å². The van der Waals surface area contributed by atoms with Crippen LogP contribution in [0, 0.1) is 5.41 Å². The summed E-state index contributed by atoms with van der Waals surface area (Å²) in [5.74, 6) is -0.222. The molecule has 0 radical (unpaired) electrons. The number of carbonyl (C=O) groups is 1. The fourth-order valence-corrected chi connectivity index (χ4v) is 6.09. The zero-order valence-corrected chi connectivity index (χ0v) is 26.0. The Kier molecular flexibility index (Phi) is 9.26. The van der Waals surface area contributed by atoms with Crippen molar-refractivity contribution in [3.63, 3.8) is 0 Å². The molecular weight excluding hydrogens is 618 g/mol. The van der Waals surface area contributed by atoms with Crippen molar-refractivity contribution in [2.24, 2.45) is 12.5 Å². The molecule has 15 heteroatoms. The lowest BCUT2D eigenvalue weighted by atomic mass is 9.85. The third kappa shape index (κ3) is 7.56. The molecule has 3 heterocycles. The average molecular weight is 655 g/mol. The maximum absolute atomic E-state index is 13.8. The van der Waals surface area contributed by atoms with Crippen LogP contribution in [0.1, 0.15) is 79.0 Å². The van der Waals surface area contributed by atoms with Gasteiger partial charge in [0.1, 0.15) is 0 Å². The Labute approximate surface area is 262 Å². The first-order chi connectivity index (χ1) is 21.5. The predicted molar refractivity (Wildman–Crippen MR) is 156 cm³/mol. The van der Waals surface area contributed by atoms with Crippen molar-refractivity contribution in [1.29, 1.82) is 0 Å². The van der Waals surface area contributed by atoms with Gasteiger partial charge in [-0.25, -0.2) is 0 Å². The second-order valence-corrected chi connectivity index (χ2v) is 12.6. The van der Waals surface area contributed by atoms with Gasteiger partial charge in [-0.2, -0.15) is 31.1 Å². The number of aromatic nitrogens is 4. The molecule has 1 atom stereocenters. The van der Waals surface area contributed by atoms with Crippen LogP contribution >= 0.6 is 0 Å². The SMILES string of the molecule is COC(=O)CC(C)(C)CCN1CCC[C@H](N(Cc2cc(C(F)(F)F)cc(C(F)(F)F)c2)c2nnn(C)n2)c2cc3c(cc21)COC3. The number of benzene rings is 2. The summed E-state index contributed by atoms with van der Waals surface area (Å²) >= 11 is 0. The van der Waals surface area contributed by atoms with Crippen LogP contribution in [0.5, 0.6) is 0 Å². The molecule has 0 saturated carbocycles. The van der Waals surface area contributed by atoms with Crippen molar-refractivity contribution in [3.8, 4) is 0 Å². The molecule has 1 aromatic heterocycles. The van der Waals surface area contributed by atoms with Crippen LogP contribution in [0.2, 0.25) is 0 Å². The van der Waals surface area contributed by atoms with E-state index in [1.165, 1.54) is 19.0 Å². The number of hydrogen-bond donors (Lipinski definition) is 0. The Hall–Kier alpha value is -3.88. The molecule has 0 amide bonds. The van der Waals surface area contributed by atoms with Gasteiger partial charge in [0.15, 0.2) is 0 Å². The maximum atomic E-state index is 13.8. The lowest BCUT2D eigenvalue weighted by Gasteiger charge is -2.34. The molecule has 2 aliphatic rings. The summed E-state index contributed by atoms with van der Waals surface area (Å²) in [5.41, 5.74) is 0.373. The maximum Gasteiger partial charge on any atom is 0.416 e. The number of nitrogens with zero attached hydrogens (tertiary/aromatic N) is 6. The highest BCUT2D eigenvalue weighted by Crippen LogP contribution is 2.43. The first kappa shape index (κ1) is 33.5. The van der Waals surface area contributed by atoms with Gasteiger partial charge in [-0.15, -0.1) is 5.10 Å². The smallest absolute Gasteiger partial charge is 0.416 e. The lowest BCUT2D eigenvalue weighted by molar-refractivity contribution is -0.144. The highest BCUT2D eigenvalue weighted by atomic mass is 19.4. The molecule has 3 aromatic rings. The summed E-state index contributed by atoms with van der Waals surface area (Å²) in [6.45, 7) is 5.71. The Balaban J connectivity index is 1.57. The van der Waals surface area contributed by atoms with Gasteiger partial charge in [-0.1, -0.05) is 18.9 Å². The highest BCUT2D eigenvalue weighted by molar-refractivity contribution is 5.70. The molecule has 2 aromatic carbocycles. The van der Waals surface area contributed by atoms with E-state index in [0.717, 1.165) is 34.5 Å².